The van der Waals surface area contributed by atoms with Crippen molar-refractivity contribution in [3.05, 3.63) is 59.5 Å². The number of anilines is 1. The van der Waals surface area contributed by atoms with Gasteiger partial charge in [0.1, 0.15) is 18.1 Å². The lowest BCUT2D eigenvalue weighted by atomic mass is 10.1. The fraction of sp³-hybridized carbons (Fsp3) is 0.238. The molecule has 2 heterocycles. The number of morpholine rings is 1. The molecule has 1 aliphatic heterocycles. The van der Waals surface area contributed by atoms with E-state index < -0.39 is 11.6 Å². The van der Waals surface area contributed by atoms with Crippen LogP contribution in [0.2, 0.25) is 0 Å². The van der Waals surface area contributed by atoms with E-state index in [1.54, 1.807) is 5.38 Å². The minimum absolute atomic E-state index is 0.0411. The number of benzene rings is 2. The number of thiazole rings is 1. The minimum Gasteiger partial charge on any atom is -0.370 e. The van der Waals surface area contributed by atoms with Gasteiger partial charge in [0.05, 0.1) is 18.9 Å². The first kappa shape index (κ1) is 19.6. The Labute approximate surface area is 171 Å². The zero-order valence-corrected chi connectivity index (χ0v) is 16.4. The van der Waals surface area contributed by atoms with Crippen molar-refractivity contribution < 1.29 is 23.2 Å². The molecule has 0 atom stereocenters. The van der Waals surface area contributed by atoms with Crippen LogP contribution in [0.25, 0.3) is 21.8 Å². The van der Waals surface area contributed by atoms with Crippen molar-refractivity contribution in [2.75, 3.05) is 38.2 Å². The zero-order chi connectivity index (χ0) is 20.2. The zero-order valence-electron chi connectivity index (χ0n) is 15.6. The molecule has 0 radical (unpaired) electrons. The highest BCUT2D eigenvalue weighted by Gasteiger charge is 2.18. The molecule has 2 aromatic carbocycles. The summed E-state index contributed by atoms with van der Waals surface area (Å²) in [5.74, 6) is -1.82. The lowest BCUT2D eigenvalue weighted by Crippen LogP contribution is -3.15. The number of aromatic nitrogens is 1. The number of hydrogen-bond donors (Lipinski definition) is 2. The third-order valence-corrected chi connectivity index (χ3v) is 5.61. The largest absolute Gasteiger partial charge is 0.370 e. The van der Waals surface area contributed by atoms with Crippen molar-refractivity contribution in [3.8, 4) is 21.8 Å². The lowest BCUT2D eigenvalue weighted by Gasteiger charge is -2.23. The summed E-state index contributed by atoms with van der Waals surface area (Å²) in [6.07, 6.45) is 0. The second-order valence-corrected chi connectivity index (χ2v) is 7.69. The molecule has 150 valence electrons. The first-order valence-electron chi connectivity index (χ1n) is 9.31. The van der Waals surface area contributed by atoms with Crippen LogP contribution in [0.4, 0.5) is 14.5 Å². The highest BCUT2D eigenvalue weighted by Crippen LogP contribution is 2.30. The molecule has 29 heavy (non-hydrogen) atoms. The maximum Gasteiger partial charge on any atom is 0.279 e. The van der Waals surface area contributed by atoms with Crippen LogP contribution >= 0.6 is 11.3 Å². The molecule has 1 saturated heterocycles. The van der Waals surface area contributed by atoms with E-state index in [0.29, 0.717) is 36.7 Å². The van der Waals surface area contributed by atoms with E-state index >= 15 is 0 Å². The SMILES string of the molecule is O=C(C[NH+]1CCOCC1)Nc1cccc(-c2nc(-c3ccc(F)c(F)c3)cs2)c1. The van der Waals surface area contributed by atoms with Gasteiger partial charge >= 0.3 is 0 Å². The molecule has 0 aliphatic carbocycles. The number of rotatable bonds is 5. The van der Waals surface area contributed by atoms with Crippen molar-refractivity contribution in [1.29, 1.82) is 0 Å². The van der Waals surface area contributed by atoms with Crippen molar-refractivity contribution >= 4 is 22.9 Å². The fourth-order valence-corrected chi connectivity index (χ4v) is 4.02. The molecule has 3 aromatic rings. The molecule has 0 unspecified atom stereocenters. The van der Waals surface area contributed by atoms with E-state index in [-0.39, 0.29) is 5.91 Å². The third-order valence-electron chi connectivity index (χ3n) is 4.72. The summed E-state index contributed by atoms with van der Waals surface area (Å²) in [7, 11) is 0. The molecule has 2 N–H and O–H groups in total. The Morgan fingerprint density at radius 3 is 2.72 bits per heavy atom. The summed E-state index contributed by atoms with van der Waals surface area (Å²) in [4.78, 5) is 18.1. The van der Waals surface area contributed by atoms with Gasteiger partial charge in [-0.05, 0) is 30.3 Å². The Morgan fingerprint density at radius 2 is 1.93 bits per heavy atom. The molecular formula is C21H20F2N3O2S+. The summed E-state index contributed by atoms with van der Waals surface area (Å²) in [6, 6.07) is 11.2. The fourth-order valence-electron chi connectivity index (χ4n) is 3.19. The van der Waals surface area contributed by atoms with Gasteiger partial charge in [0, 0.05) is 22.2 Å². The number of halogens is 2. The van der Waals surface area contributed by atoms with Crippen LogP contribution in [0.3, 0.4) is 0 Å². The Hall–Kier alpha value is -2.68. The van der Waals surface area contributed by atoms with Crippen LogP contribution in [0.1, 0.15) is 0 Å². The predicted molar refractivity (Wildman–Crippen MR) is 108 cm³/mol. The second kappa shape index (κ2) is 8.77. The van der Waals surface area contributed by atoms with Gasteiger partial charge in [-0.1, -0.05) is 12.1 Å². The van der Waals surface area contributed by atoms with Gasteiger partial charge in [-0.25, -0.2) is 13.8 Å². The molecule has 8 heteroatoms. The summed E-state index contributed by atoms with van der Waals surface area (Å²) in [5, 5.41) is 5.47. The molecule has 1 fully saturated rings. The number of hydrogen-bond acceptors (Lipinski definition) is 4. The van der Waals surface area contributed by atoms with Crippen molar-refractivity contribution in [1.82, 2.24) is 4.98 Å². The molecule has 0 saturated carbocycles. The first-order chi connectivity index (χ1) is 14.1. The van der Waals surface area contributed by atoms with Crippen molar-refractivity contribution in [2.45, 2.75) is 0 Å². The molecule has 0 bridgehead atoms. The molecule has 1 aliphatic rings. The molecule has 0 spiro atoms. The number of quaternary nitrogens is 1. The first-order valence-corrected chi connectivity index (χ1v) is 10.2. The predicted octanol–water partition coefficient (Wildman–Crippen LogP) is 2.61. The number of carbonyl (C=O) groups is 1. The molecular weight excluding hydrogens is 396 g/mol. The van der Waals surface area contributed by atoms with Crippen LogP contribution in [-0.2, 0) is 9.53 Å². The van der Waals surface area contributed by atoms with E-state index in [1.807, 2.05) is 24.3 Å². The Kier molecular flexibility index (Phi) is 5.94. The molecule has 4 rings (SSSR count). The van der Waals surface area contributed by atoms with Crippen LogP contribution in [0, 0.1) is 11.6 Å². The smallest absolute Gasteiger partial charge is 0.279 e. The standard InChI is InChI=1S/C21H19F2N3O2S/c22-17-5-4-14(11-18(17)23)19-13-29-21(25-19)15-2-1-3-16(10-15)24-20(27)12-26-6-8-28-9-7-26/h1-5,10-11,13H,6-9,12H2,(H,24,27)/p+1. The van der Waals surface area contributed by atoms with Crippen LogP contribution in [0.5, 0.6) is 0 Å². The van der Waals surface area contributed by atoms with E-state index in [4.69, 9.17) is 4.74 Å². The maximum atomic E-state index is 13.5. The number of nitrogens with zero attached hydrogens (tertiary/aromatic N) is 1. The monoisotopic (exact) mass is 416 g/mol. The highest BCUT2D eigenvalue weighted by molar-refractivity contribution is 7.13. The van der Waals surface area contributed by atoms with Crippen LogP contribution in [0.15, 0.2) is 47.8 Å². The lowest BCUT2D eigenvalue weighted by molar-refractivity contribution is -0.899. The van der Waals surface area contributed by atoms with Crippen molar-refractivity contribution in [2.24, 2.45) is 0 Å². The second-order valence-electron chi connectivity index (χ2n) is 6.83. The summed E-state index contributed by atoms with van der Waals surface area (Å²) < 4.78 is 31.9. The molecule has 5 nitrogen and oxygen atoms in total. The van der Waals surface area contributed by atoms with Gasteiger partial charge < -0.3 is 15.0 Å². The summed E-state index contributed by atoms with van der Waals surface area (Å²) in [6.45, 7) is 3.44. The van der Waals surface area contributed by atoms with Gasteiger partial charge in [-0.2, -0.15) is 0 Å². The topological polar surface area (TPSA) is 55.7 Å². The maximum absolute atomic E-state index is 13.5. The summed E-state index contributed by atoms with van der Waals surface area (Å²) >= 11 is 1.41. The number of amides is 1. The quantitative estimate of drug-likeness (QED) is 0.672. The number of carbonyl (C=O) groups excluding carboxylic acids is 1. The minimum atomic E-state index is -0.899. The van der Waals surface area contributed by atoms with E-state index in [9.17, 15) is 13.6 Å². The van der Waals surface area contributed by atoms with E-state index in [2.05, 4.69) is 10.3 Å². The number of nitrogens with one attached hydrogen (secondary N) is 2. The average molecular weight is 416 g/mol. The van der Waals surface area contributed by atoms with E-state index in [0.717, 1.165) is 35.8 Å². The van der Waals surface area contributed by atoms with Gasteiger partial charge in [-0.15, -0.1) is 11.3 Å². The normalized spacial score (nSPS) is 14.7. The van der Waals surface area contributed by atoms with Gasteiger partial charge in [0.25, 0.3) is 5.91 Å². The van der Waals surface area contributed by atoms with Gasteiger partial charge in [-0.3, -0.25) is 4.79 Å². The molecule has 1 aromatic heterocycles. The van der Waals surface area contributed by atoms with Gasteiger partial charge in [0.2, 0.25) is 0 Å². The Balaban J connectivity index is 1.46. The highest BCUT2D eigenvalue weighted by atomic mass is 32.1. The van der Waals surface area contributed by atoms with Crippen molar-refractivity contribution in [3.63, 3.8) is 0 Å². The van der Waals surface area contributed by atoms with Crippen LogP contribution in [-0.4, -0.2) is 43.7 Å². The third kappa shape index (κ3) is 4.84. The Morgan fingerprint density at radius 1 is 1.10 bits per heavy atom. The van der Waals surface area contributed by atoms with E-state index in [1.165, 1.54) is 22.3 Å². The van der Waals surface area contributed by atoms with Crippen LogP contribution < -0.4 is 10.2 Å². The summed E-state index contributed by atoms with van der Waals surface area (Å²) in [5.41, 5.74) is 2.64. The molecule has 1 amide bonds. The number of ether oxygens (including phenoxy) is 1. The van der Waals surface area contributed by atoms with Gasteiger partial charge in [0.15, 0.2) is 18.2 Å². The average Bonchev–Trinajstić information content (AvgIpc) is 3.21. The Bertz CT molecular complexity index is 1020.